The molecule has 0 aliphatic rings. The molecule has 0 unspecified atom stereocenters. The van der Waals surface area contributed by atoms with E-state index in [0.29, 0.717) is 15.7 Å². The standard InChI is InChI=1S/C13H11BrClNO2S/c1-6(2)10-11(13(17)18)19-12(16-10)8-4-3-7(14)5-9(8)15/h3-6H,1-2H3,(H,17,18). The lowest BCUT2D eigenvalue weighted by Gasteiger charge is -2.01. The first-order valence-corrected chi connectivity index (χ1v) is 7.58. The van der Waals surface area contributed by atoms with Crippen molar-refractivity contribution in [2.45, 2.75) is 19.8 Å². The molecule has 1 heterocycles. The van der Waals surface area contributed by atoms with Crippen LogP contribution in [0.3, 0.4) is 0 Å². The van der Waals surface area contributed by atoms with Crippen LogP contribution < -0.4 is 0 Å². The van der Waals surface area contributed by atoms with E-state index >= 15 is 0 Å². The van der Waals surface area contributed by atoms with Crippen molar-refractivity contribution in [2.24, 2.45) is 0 Å². The van der Waals surface area contributed by atoms with Gasteiger partial charge in [-0.3, -0.25) is 0 Å². The molecular formula is C13H11BrClNO2S. The average molecular weight is 361 g/mol. The summed E-state index contributed by atoms with van der Waals surface area (Å²) in [6, 6.07) is 5.47. The first kappa shape index (κ1) is 14.5. The molecule has 0 bridgehead atoms. The fraction of sp³-hybridized carbons (Fsp3) is 0.231. The Labute approximate surface area is 128 Å². The fourth-order valence-corrected chi connectivity index (χ4v) is 3.57. The number of rotatable bonds is 3. The van der Waals surface area contributed by atoms with Gasteiger partial charge in [0.25, 0.3) is 0 Å². The van der Waals surface area contributed by atoms with Gasteiger partial charge in [-0.15, -0.1) is 11.3 Å². The van der Waals surface area contributed by atoms with Crippen LogP contribution in [0.1, 0.15) is 35.1 Å². The topological polar surface area (TPSA) is 50.2 Å². The van der Waals surface area contributed by atoms with Crippen LogP contribution in [0.15, 0.2) is 22.7 Å². The number of carboxylic acids is 1. The molecule has 1 N–H and O–H groups in total. The second kappa shape index (κ2) is 5.61. The minimum Gasteiger partial charge on any atom is -0.477 e. The maximum atomic E-state index is 11.2. The van der Waals surface area contributed by atoms with Crippen LogP contribution in [0.4, 0.5) is 0 Å². The Morgan fingerprint density at radius 2 is 2.16 bits per heavy atom. The van der Waals surface area contributed by atoms with Gasteiger partial charge in [-0.05, 0) is 24.1 Å². The molecule has 100 valence electrons. The predicted molar refractivity (Wildman–Crippen MR) is 81.3 cm³/mol. The number of halogens is 2. The van der Waals surface area contributed by atoms with Gasteiger partial charge < -0.3 is 5.11 Å². The first-order valence-electron chi connectivity index (χ1n) is 5.59. The van der Waals surface area contributed by atoms with Crippen LogP contribution in [-0.4, -0.2) is 16.1 Å². The molecule has 2 rings (SSSR count). The summed E-state index contributed by atoms with van der Waals surface area (Å²) in [4.78, 5) is 16.0. The number of aromatic carboxylic acids is 1. The predicted octanol–water partition coefficient (Wildman–Crippen LogP) is 5.05. The van der Waals surface area contributed by atoms with Gasteiger partial charge in [-0.2, -0.15) is 0 Å². The summed E-state index contributed by atoms with van der Waals surface area (Å²) >= 11 is 10.7. The fourth-order valence-electron chi connectivity index (χ4n) is 1.65. The van der Waals surface area contributed by atoms with Crippen molar-refractivity contribution in [1.29, 1.82) is 0 Å². The van der Waals surface area contributed by atoms with Gasteiger partial charge in [0.1, 0.15) is 9.88 Å². The number of hydrogen-bond donors (Lipinski definition) is 1. The van der Waals surface area contributed by atoms with Crippen LogP contribution in [0, 0.1) is 0 Å². The van der Waals surface area contributed by atoms with Crippen LogP contribution in [-0.2, 0) is 0 Å². The zero-order valence-corrected chi connectivity index (χ0v) is 13.4. The summed E-state index contributed by atoms with van der Waals surface area (Å²) < 4.78 is 0.875. The summed E-state index contributed by atoms with van der Waals surface area (Å²) in [5.41, 5.74) is 1.36. The van der Waals surface area contributed by atoms with E-state index in [9.17, 15) is 9.90 Å². The molecule has 0 aliphatic heterocycles. The van der Waals surface area contributed by atoms with Gasteiger partial charge in [0.2, 0.25) is 0 Å². The van der Waals surface area contributed by atoms with E-state index < -0.39 is 5.97 Å². The van der Waals surface area contributed by atoms with E-state index in [2.05, 4.69) is 20.9 Å². The molecule has 0 saturated heterocycles. The Balaban J connectivity index is 2.57. The number of carbonyl (C=O) groups is 1. The Kier molecular flexibility index (Phi) is 4.28. The number of hydrogen-bond acceptors (Lipinski definition) is 3. The zero-order valence-electron chi connectivity index (χ0n) is 10.3. The van der Waals surface area contributed by atoms with Crippen molar-refractivity contribution in [2.75, 3.05) is 0 Å². The number of benzene rings is 1. The minimum absolute atomic E-state index is 0.0605. The summed E-state index contributed by atoms with van der Waals surface area (Å²) in [7, 11) is 0. The van der Waals surface area contributed by atoms with Crippen LogP contribution in [0.5, 0.6) is 0 Å². The lowest BCUT2D eigenvalue weighted by atomic mass is 10.1. The smallest absolute Gasteiger partial charge is 0.347 e. The summed E-state index contributed by atoms with van der Waals surface area (Å²) in [5, 5.41) is 10.4. The van der Waals surface area contributed by atoms with E-state index in [1.807, 2.05) is 26.0 Å². The van der Waals surface area contributed by atoms with E-state index in [1.54, 1.807) is 6.07 Å². The Hall–Kier alpha value is -0.910. The molecule has 1 aromatic heterocycles. The molecule has 0 amide bonds. The highest BCUT2D eigenvalue weighted by atomic mass is 79.9. The second-order valence-electron chi connectivity index (χ2n) is 4.32. The van der Waals surface area contributed by atoms with Crippen molar-refractivity contribution in [1.82, 2.24) is 4.98 Å². The summed E-state index contributed by atoms with van der Waals surface area (Å²) in [5.74, 6) is -0.883. The highest BCUT2D eigenvalue weighted by Gasteiger charge is 2.21. The number of nitrogens with zero attached hydrogens (tertiary/aromatic N) is 1. The van der Waals surface area contributed by atoms with E-state index in [0.717, 1.165) is 21.4 Å². The normalized spacial score (nSPS) is 11.0. The van der Waals surface area contributed by atoms with Gasteiger partial charge in [0.05, 0.1) is 10.7 Å². The van der Waals surface area contributed by atoms with Gasteiger partial charge in [-0.25, -0.2) is 9.78 Å². The summed E-state index contributed by atoms with van der Waals surface area (Å²) in [6.45, 7) is 3.85. The summed E-state index contributed by atoms with van der Waals surface area (Å²) in [6.07, 6.45) is 0. The maximum absolute atomic E-state index is 11.2. The van der Waals surface area contributed by atoms with Crippen molar-refractivity contribution < 1.29 is 9.90 Å². The molecule has 0 atom stereocenters. The molecule has 1 aromatic carbocycles. The van der Waals surface area contributed by atoms with Gasteiger partial charge in [-0.1, -0.05) is 41.4 Å². The molecule has 0 radical (unpaired) electrons. The highest BCUT2D eigenvalue weighted by Crippen LogP contribution is 2.36. The van der Waals surface area contributed by atoms with Crippen molar-refractivity contribution in [3.05, 3.63) is 38.3 Å². The lowest BCUT2D eigenvalue weighted by Crippen LogP contribution is -2.00. The van der Waals surface area contributed by atoms with Gasteiger partial charge in [0, 0.05) is 10.0 Å². The number of thiazole rings is 1. The van der Waals surface area contributed by atoms with E-state index in [1.165, 1.54) is 0 Å². The van der Waals surface area contributed by atoms with E-state index in [-0.39, 0.29) is 10.8 Å². The molecule has 0 saturated carbocycles. The highest BCUT2D eigenvalue weighted by molar-refractivity contribution is 9.10. The third-order valence-electron chi connectivity index (χ3n) is 2.56. The Morgan fingerprint density at radius 1 is 1.47 bits per heavy atom. The third-order valence-corrected chi connectivity index (χ3v) is 4.45. The second-order valence-corrected chi connectivity index (χ2v) is 6.64. The molecule has 0 spiro atoms. The largest absolute Gasteiger partial charge is 0.477 e. The van der Waals surface area contributed by atoms with Crippen molar-refractivity contribution >= 4 is 44.8 Å². The third kappa shape index (κ3) is 2.99. The average Bonchev–Trinajstić information content (AvgIpc) is 2.73. The maximum Gasteiger partial charge on any atom is 0.347 e. The number of aromatic nitrogens is 1. The Morgan fingerprint density at radius 3 is 2.63 bits per heavy atom. The van der Waals surface area contributed by atoms with Crippen molar-refractivity contribution in [3.63, 3.8) is 0 Å². The molecule has 0 aliphatic carbocycles. The molecule has 3 nitrogen and oxygen atoms in total. The minimum atomic E-state index is -0.944. The quantitative estimate of drug-likeness (QED) is 0.833. The van der Waals surface area contributed by atoms with Gasteiger partial charge >= 0.3 is 5.97 Å². The SMILES string of the molecule is CC(C)c1nc(-c2ccc(Br)cc2Cl)sc1C(=O)O. The molecule has 0 fully saturated rings. The van der Waals surface area contributed by atoms with Crippen LogP contribution >= 0.6 is 38.9 Å². The monoisotopic (exact) mass is 359 g/mol. The molecular weight excluding hydrogens is 350 g/mol. The Bertz CT molecular complexity index is 640. The van der Waals surface area contributed by atoms with Crippen molar-refractivity contribution in [3.8, 4) is 10.6 Å². The first-order chi connectivity index (χ1) is 8.90. The van der Waals surface area contributed by atoms with Crippen LogP contribution in [0.25, 0.3) is 10.6 Å². The van der Waals surface area contributed by atoms with Crippen LogP contribution in [0.2, 0.25) is 5.02 Å². The molecule has 19 heavy (non-hydrogen) atoms. The number of carboxylic acid groups (broad SMARTS) is 1. The molecule has 6 heteroatoms. The molecule has 2 aromatic rings. The lowest BCUT2D eigenvalue weighted by molar-refractivity contribution is 0.0700. The van der Waals surface area contributed by atoms with E-state index in [4.69, 9.17) is 11.6 Å². The zero-order chi connectivity index (χ0) is 14.2. The van der Waals surface area contributed by atoms with Gasteiger partial charge in [0.15, 0.2) is 0 Å².